The molecule has 1 aromatic heterocycles. The van der Waals surface area contributed by atoms with Crippen LogP contribution in [0, 0.1) is 6.92 Å². The third-order valence-electron chi connectivity index (χ3n) is 2.99. The number of nitrogens with one attached hydrogen (secondary N) is 3. The molecule has 1 heterocycles. The molecule has 0 unspecified atom stereocenters. The molecule has 6 nitrogen and oxygen atoms in total. The van der Waals surface area contributed by atoms with Gasteiger partial charge in [0, 0.05) is 24.7 Å². The maximum atomic E-state index is 12.2. The molecule has 2 rings (SSSR count). The summed E-state index contributed by atoms with van der Waals surface area (Å²) in [5.74, 6) is 0. The van der Waals surface area contributed by atoms with Crippen molar-refractivity contribution in [1.29, 1.82) is 0 Å². The van der Waals surface area contributed by atoms with E-state index in [4.69, 9.17) is 5.11 Å². The molecular weight excluding hydrogens is 258 g/mol. The Kier molecular flexibility index (Phi) is 4.37. The zero-order chi connectivity index (χ0) is 14.5. The van der Waals surface area contributed by atoms with Crippen molar-refractivity contribution in [2.24, 2.45) is 0 Å². The molecule has 106 valence electrons. The summed E-state index contributed by atoms with van der Waals surface area (Å²) in [6.45, 7) is 2.27. The fourth-order valence-corrected chi connectivity index (χ4v) is 1.94. The number of benzene rings is 1. The third kappa shape index (κ3) is 2.97. The number of urea groups is 1. The summed E-state index contributed by atoms with van der Waals surface area (Å²) in [6, 6.07) is 4.97. The van der Waals surface area contributed by atoms with E-state index >= 15 is 0 Å². The van der Waals surface area contributed by atoms with Gasteiger partial charge in [-0.1, -0.05) is 12.1 Å². The molecule has 0 fully saturated rings. The number of hydrogen-bond acceptors (Lipinski definition) is 3. The number of carbonyl (C=O) groups excluding carboxylic acids is 1. The summed E-state index contributed by atoms with van der Waals surface area (Å²) in [7, 11) is 0. The van der Waals surface area contributed by atoms with Gasteiger partial charge >= 0.3 is 6.03 Å². The molecule has 0 atom stereocenters. The highest BCUT2D eigenvalue weighted by atomic mass is 16.3. The van der Waals surface area contributed by atoms with Crippen molar-refractivity contribution in [3.8, 4) is 0 Å². The first-order valence-corrected chi connectivity index (χ1v) is 6.40. The van der Waals surface area contributed by atoms with Crippen LogP contribution in [0.1, 0.15) is 12.0 Å². The number of carbonyl (C=O) groups is 1. The smallest absolute Gasteiger partial charge is 0.319 e. The van der Waals surface area contributed by atoms with Gasteiger partial charge in [0.1, 0.15) is 5.69 Å². The summed E-state index contributed by atoms with van der Waals surface area (Å²) in [4.78, 5) is 26.8. The Hall–Kier alpha value is -2.34. The van der Waals surface area contributed by atoms with E-state index in [0.717, 1.165) is 11.1 Å². The molecule has 0 aliphatic carbocycles. The number of para-hydroxylation sites is 1. The van der Waals surface area contributed by atoms with Crippen LogP contribution in [-0.2, 0) is 0 Å². The van der Waals surface area contributed by atoms with Gasteiger partial charge in [-0.05, 0) is 25.0 Å². The number of aromatic amines is 1. The van der Waals surface area contributed by atoms with Crippen LogP contribution in [0.2, 0.25) is 0 Å². The van der Waals surface area contributed by atoms with Crippen molar-refractivity contribution in [1.82, 2.24) is 10.3 Å². The predicted molar refractivity (Wildman–Crippen MR) is 78.0 cm³/mol. The van der Waals surface area contributed by atoms with E-state index in [0.29, 0.717) is 18.4 Å². The molecule has 0 radical (unpaired) electrons. The van der Waals surface area contributed by atoms with Crippen LogP contribution in [0.3, 0.4) is 0 Å². The van der Waals surface area contributed by atoms with Crippen LogP contribution in [0.4, 0.5) is 10.5 Å². The summed E-state index contributed by atoms with van der Waals surface area (Å²) in [5.41, 5.74) is 1.71. The molecule has 0 spiro atoms. The van der Waals surface area contributed by atoms with Gasteiger partial charge in [0.25, 0.3) is 0 Å². The molecule has 0 saturated heterocycles. The van der Waals surface area contributed by atoms with Crippen molar-refractivity contribution in [2.45, 2.75) is 13.3 Å². The number of fused-ring (bicyclic) bond motifs is 1. The van der Waals surface area contributed by atoms with E-state index in [2.05, 4.69) is 15.6 Å². The van der Waals surface area contributed by atoms with Crippen LogP contribution >= 0.6 is 0 Å². The van der Waals surface area contributed by atoms with E-state index in [1.54, 1.807) is 12.1 Å². The minimum Gasteiger partial charge on any atom is -0.396 e. The van der Waals surface area contributed by atoms with E-state index < -0.39 is 6.03 Å². The van der Waals surface area contributed by atoms with Gasteiger partial charge in [-0.15, -0.1) is 0 Å². The quantitative estimate of drug-likeness (QED) is 0.634. The van der Waals surface area contributed by atoms with Crippen molar-refractivity contribution in [2.75, 3.05) is 18.5 Å². The highest BCUT2D eigenvalue weighted by molar-refractivity contribution is 5.92. The molecule has 0 aliphatic rings. The Morgan fingerprint density at radius 3 is 2.95 bits per heavy atom. The Bertz CT molecular complexity index is 679. The summed E-state index contributed by atoms with van der Waals surface area (Å²) in [5, 5.41) is 14.2. The van der Waals surface area contributed by atoms with Crippen molar-refractivity contribution < 1.29 is 9.90 Å². The number of H-pyrrole nitrogens is 1. The van der Waals surface area contributed by atoms with Gasteiger partial charge in [0.15, 0.2) is 0 Å². The predicted octanol–water partition coefficient (Wildman–Crippen LogP) is 1.34. The second-order valence-corrected chi connectivity index (χ2v) is 4.49. The number of anilines is 1. The molecule has 2 amide bonds. The van der Waals surface area contributed by atoms with Crippen LogP contribution < -0.4 is 16.1 Å². The highest BCUT2D eigenvalue weighted by Crippen LogP contribution is 2.14. The zero-order valence-corrected chi connectivity index (χ0v) is 11.2. The maximum absolute atomic E-state index is 12.2. The van der Waals surface area contributed by atoms with Crippen molar-refractivity contribution in [3.05, 3.63) is 40.2 Å². The van der Waals surface area contributed by atoms with Gasteiger partial charge < -0.3 is 20.7 Å². The molecule has 0 aliphatic heterocycles. The van der Waals surface area contributed by atoms with Gasteiger partial charge in [0.2, 0.25) is 5.43 Å². The average molecular weight is 275 g/mol. The second-order valence-electron chi connectivity index (χ2n) is 4.49. The molecule has 0 saturated carbocycles. The molecule has 2 aromatic rings. The van der Waals surface area contributed by atoms with Crippen molar-refractivity contribution in [3.63, 3.8) is 0 Å². The van der Waals surface area contributed by atoms with Crippen LogP contribution in [0.5, 0.6) is 0 Å². The van der Waals surface area contributed by atoms with Crippen LogP contribution in [0.25, 0.3) is 10.9 Å². The summed E-state index contributed by atoms with van der Waals surface area (Å²) in [6.07, 6.45) is 1.96. The number of aromatic nitrogens is 1. The minimum absolute atomic E-state index is 0.0100. The molecular formula is C14H17N3O3. The van der Waals surface area contributed by atoms with E-state index in [-0.39, 0.29) is 17.7 Å². The lowest BCUT2D eigenvalue weighted by Gasteiger charge is -2.08. The Morgan fingerprint density at radius 2 is 2.20 bits per heavy atom. The molecule has 0 bridgehead atoms. The van der Waals surface area contributed by atoms with Crippen molar-refractivity contribution >= 4 is 22.6 Å². The average Bonchev–Trinajstić information content (AvgIpc) is 2.43. The lowest BCUT2D eigenvalue weighted by atomic mass is 10.1. The minimum atomic E-state index is -0.462. The van der Waals surface area contributed by atoms with E-state index in [1.165, 1.54) is 6.20 Å². The number of aliphatic hydroxyl groups excluding tert-OH is 1. The highest BCUT2D eigenvalue weighted by Gasteiger charge is 2.08. The van der Waals surface area contributed by atoms with E-state index in [9.17, 15) is 9.59 Å². The molecule has 6 heteroatoms. The summed E-state index contributed by atoms with van der Waals surface area (Å²) < 4.78 is 0. The first kappa shape index (κ1) is 14.1. The summed E-state index contributed by atoms with van der Waals surface area (Å²) >= 11 is 0. The second kappa shape index (κ2) is 6.21. The Morgan fingerprint density at radius 1 is 1.40 bits per heavy atom. The lowest BCUT2D eigenvalue weighted by Crippen LogP contribution is -2.31. The first-order valence-electron chi connectivity index (χ1n) is 6.40. The van der Waals surface area contributed by atoms with Crippen LogP contribution in [-0.4, -0.2) is 29.3 Å². The fourth-order valence-electron chi connectivity index (χ4n) is 1.94. The van der Waals surface area contributed by atoms with Gasteiger partial charge in [-0.25, -0.2) is 4.79 Å². The topological polar surface area (TPSA) is 94.2 Å². The number of aryl methyl sites for hydroxylation is 1. The zero-order valence-electron chi connectivity index (χ0n) is 11.2. The third-order valence-corrected chi connectivity index (χ3v) is 2.99. The monoisotopic (exact) mass is 275 g/mol. The number of amides is 2. The van der Waals surface area contributed by atoms with Gasteiger partial charge in [0.05, 0.1) is 5.52 Å². The standard InChI is InChI=1S/C14H17N3O3/c1-9-4-2-5-10-12(9)16-8-11(13(10)19)17-14(20)15-6-3-7-18/h2,4-5,8,18H,3,6-7H2,1H3,(H,16,19)(H2,15,17,20). The fraction of sp³-hybridized carbons (Fsp3) is 0.286. The number of rotatable bonds is 4. The first-order chi connectivity index (χ1) is 9.63. The van der Waals surface area contributed by atoms with Crippen LogP contribution in [0.15, 0.2) is 29.2 Å². The van der Waals surface area contributed by atoms with E-state index in [1.807, 2.05) is 13.0 Å². The maximum Gasteiger partial charge on any atom is 0.319 e. The number of hydrogen-bond donors (Lipinski definition) is 4. The van der Waals surface area contributed by atoms with Gasteiger partial charge in [-0.3, -0.25) is 4.79 Å². The van der Waals surface area contributed by atoms with Gasteiger partial charge in [-0.2, -0.15) is 0 Å². The number of pyridine rings is 1. The Labute approximate surface area is 115 Å². The normalized spacial score (nSPS) is 10.5. The SMILES string of the molecule is Cc1cccc2c(=O)c(NC(=O)NCCCO)c[nH]c12. The molecule has 4 N–H and O–H groups in total. The molecule has 1 aromatic carbocycles. The number of aliphatic hydroxyl groups is 1. The lowest BCUT2D eigenvalue weighted by molar-refractivity contribution is 0.249. The Balaban J connectivity index is 2.22. The largest absolute Gasteiger partial charge is 0.396 e. The molecule has 20 heavy (non-hydrogen) atoms.